The van der Waals surface area contributed by atoms with Crippen molar-refractivity contribution in [2.24, 2.45) is 5.73 Å². The first kappa shape index (κ1) is 26.2. The molecule has 0 saturated heterocycles. The van der Waals surface area contributed by atoms with Gasteiger partial charge in [-0.1, -0.05) is 12.1 Å². The summed E-state index contributed by atoms with van der Waals surface area (Å²) in [5.74, 6) is -1.17. The first-order valence-corrected chi connectivity index (χ1v) is 11.4. The quantitative estimate of drug-likeness (QED) is 0.162. The number of nitrogens with two attached hydrogens (primary N) is 2. The topological polar surface area (TPSA) is 222 Å². The number of anilines is 2. The highest BCUT2D eigenvalue weighted by molar-refractivity contribution is 7.86. The summed E-state index contributed by atoms with van der Waals surface area (Å²) in [7, 11) is -8.40. The summed E-state index contributed by atoms with van der Waals surface area (Å²) in [6.45, 7) is -0.0842. The van der Waals surface area contributed by atoms with Crippen LogP contribution in [-0.4, -0.2) is 54.7 Å². The van der Waals surface area contributed by atoms with Gasteiger partial charge in [-0.3, -0.25) is 13.9 Å². The molecule has 0 fully saturated rings. The molecule has 0 amide bonds. The maximum absolute atomic E-state index is 11.0. The molecule has 0 aliphatic carbocycles. The van der Waals surface area contributed by atoms with Crippen molar-refractivity contribution in [1.29, 1.82) is 0 Å². The fourth-order valence-electron chi connectivity index (χ4n) is 1.87. The molecule has 0 aromatic heterocycles. The summed E-state index contributed by atoms with van der Waals surface area (Å²) in [6.07, 6.45) is 0. The van der Waals surface area contributed by atoms with E-state index in [1.165, 1.54) is 48.5 Å². The predicted molar refractivity (Wildman–Crippen MR) is 117 cm³/mol. The number of carboxylic acids is 1. The van der Waals surface area contributed by atoms with Crippen LogP contribution in [-0.2, 0) is 25.0 Å². The van der Waals surface area contributed by atoms with Gasteiger partial charge in [-0.25, -0.2) is 0 Å². The van der Waals surface area contributed by atoms with Gasteiger partial charge in [0.1, 0.15) is 6.04 Å². The highest BCUT2D eigenvalue weighted by Gasteiger charge is 2.12. The molecule has 2 rings (SSSR count). The number of aliphatic carboxylic acids is 1. The fourth-order valence-corrected chi connectivity index (χ4v) is 3.14. The minimum absolute atomic E-state index is 0.0780. The highest BCUT2D eigenvalue weighted by Crippen LogP contribution is 2.15. The molecule has 0 aliphatic heterocycles. The maximum atomic E-state index is 11.0. The van der Waals surface area contributed by atoms with Crippen LogP contribution in [0.2, 0.25) is 0 Å². The lowest BCUT2D eigenvalue weighted by molar-refractivity contribution is -0.138. The van der Waals surface area contributed by atoms with Crippen LogP contribution >= 0.6 is 12.2 Å². The fraction of sp³-hybridized carbons (Fsp3) is 0.125. The van der Waals surface area contributed by atoms with Crippen LogP contribution in [0, 0.1) is 0 Å². The van der Waals surface area contributed by atoms with E-state index in [2.05, 4.69) is 10.6 Å². The maximum Gasteiger partial charge on any atom is 0.322 e. The van der Waals surface area contributed by atoms with Crippen LogP contribution in [0.15, 0.2) is 58.3 Å². The average Bonchev–Trinajstić information content (AvgIpc) is 2.65. The van der Waals surface area contributed by atoms with Crippen molar-refractivity contribution < 1.29 is 35.8 Å². The third kappa shape index (κ3) is 9.69. The lowest BCUT2D eigenvalue weighted by atomic mass is 10.3. The Hall–Kier alpha value is -2.82. The lowest BCUT2D eigenvalue weighted by Crippen LogP contribution is -2.43. The van der Waals surface area contributed by atoms with Crippen molar-refractivity contribution in [2.45, 2.75) is 15.8 Å². The molecule has 170 valence electrons. The molecule has 0 radical (unpaired) electrons. The standard InChI is InChI=1S/C10H13N3O5S2.C6H7NO3S/c11-8(9(14)15)5-12-10(19)13-6-2-1-3-7(4-6)20(16,17)18;7-5-2-1-3-6(4-5)11(8,9)10/h1-4,8H,5,11H2,(H,14,15)(H2,12,13,19)(H,16,17,18);1-4H,7H2,(H,8,9,10)/t8-;/m0./s1. The molecule has 0 heterocycles. The van der Waals surface area contributed by atoms with Crippen LogP contribution in [0.5, 0.6) is 0 Å². The van der Waals surface area contributed by atoms with E-state index in [-0.39, 0.29) is 21.4 Å². The highest BCUT2D eigenvalue weighted by atomic mass is 32.2. The largest absolute Gasteiger partial charge is 0.480 e. The van der Waals surface area contributed by atoms with Crippen molar-refractivity contribution in [3.8, 4) is 0 Å². The second-order valence-corrected chi connectivity index (χ2v) is 9.08. The van der Waals surface area contributed by atoms with Gasteiger partial charge in [0.25, 0.3) is 20.2 Å². The predicted octanol–water partition coefficient (Wildman–Crippen LogP) is 0.147. The Morgan fingerprint density at radius 2 is 1.52 bits per heavy atom. The van der Waals surface area contributed by atoms with E-state index in [1.54, 1.807) is 0 Å². The second kappa shape index (κ2) is 11.0. The van der Waals surface area contributed by atoms with Gasteiger partial charge < -0.3 is 27.2 Å². The van der Waals surface area contributed by atoms with Gasteiger partial charge in [0.2, 0.25) is 0 Å². The number of hydrogen-bond donors (Lipinski definition) is 7. The molecule has 0 saturated carbocycles. The lowest BCUT2D eigenvalue weighted by Gasteiger charge is -2.12. The third-order valence-electron chi connectivity index (χ3n) is 3.35. The van der Waals surface area contributed by atoms with Gasteiger partial charge >= 0.3 is 5.97 Å². The van der Waals surface area contributed by atoms with Crippen LogP contribution < -0.4 is 22.1 Å². The van der Waals surface area contributed by atoms with E-state index in [1.807, 2.05) is 0 Å². The molecule has 0 bridgehead atoms. The number of carboxylic acid groups (broad SMARTS) is 1. The van der Waals surface area contributed by atoms with Crippen LogP contribution in [0.4, 0.5) is 11.4 Å². The Morgan fingerprint density at radius 3 is 1.97 bits per heavy atom. The Balaban J connectivity index is 0.000000367. The smallest absolute Gasteiger partial charge is 0.322 e. The molecular weight excluding hydrogens is 472 g/mol. The first-order valence-electron chi connectivity index (χ1n) is 8.14. The van der Waals surface area contributed by atoms with Gasteiger partial charge in [0.15, 0.2) is 5.11 Å². The molecule has 31 heavy (non-hydrogen) atoms. The van der Waals surface area contributed by atoms with E-state index in [9.17, 15) is 21.6 Å². The molecular formula is C16H20N4O8S3. The molecule has 15 heteroatoms. The Kier molecular flexibility index (Phi) is 9.29. The number of thiocarbonyl (C=S) groups is 1. The number of nitrogen functional groups attached to an aromatic ring is 1. The van der Waals surface area contributed by atoms with Crippen molar-refractivity contribution in [3.63, 3.8) is 0 Å². The number of rotatable bonds is 6. The van der Waals surface area contributed by atoms with Crippen molar-refractivity contribution >= 4 is 54.9 Å². The Labute approximate surface area is 183 Å². The summed E-state index contributed by atoms with van der Waals surface area (Å²) in [6, 6.07) is 9.68. The van der Waals surface area contributed by atoms with E-state index in [4.69, 9.17) is 37.9 Å². The minimum atomic E-state index is -4.30. The molecule has 9 N–H and O–H groups in total. The van der Waals surface area contributed by atoms with Crippen molar-refractivity contribution in [1.82, 2.24) is 5.32 Å². The summed E-state index contributed by atoms with van der Waals surface area (Å²) in [4.78, 5) is 10.0. The number of hydrogen-bond acceptors (Lipinski definition) is 8. The number of nitrogens with one attached hydrogen (secondary N) is 2. The van der Waals surface area contributed by atoms with Crippen LogP contribution in [0.25, 0.3) is 0 Å². The molecule has 0 aliphatic rings. The van der Waals surface area contributed by atoms with E-state index in [0.717, 1.165) is 0 Å². The third-order valence-corrected chi connectivity index (χ3v) is 5.29. The summed E-state index contributed by atoms with van der Waals surface area (Å²) < 4.78 is 60.3. The van der Waals surface area contributed by atoms with Gasteiger partial charge in [-0.15, -0.1) is 0 Å². The molecule has 2 aromatic carbocycles. The zero-order valence-electron chi connectivity index (χ0n) is 15.7. The SMILES string of the molecule is N[C@@H](CNC(=S)Nc1cccc(S(=O)(=O)O)c1)C(=O)O.Nc1cccc(S(=O)(=O)O)c1. The normalized spacial score (nSPS) is 12.1. The monoisotopic (exact) mass is 492 g/mol. The van der Waals surface area contributed by atoms with Gasteiger partial charge in [0.05, 0.1) is 9.79 Å². The molecule has 0 unspecified atom stereocenters. The number of carbonyl (C=O) groups is 1. The van der Waals surface area contributed by atoms with Crippen molar-refractivity contribution in [2.75, 3.05) is 17.6 Å². The summed E-state index contributed by atoms with van der Waals surface area (Å²) in [5.41, 5.74) is 11.2. The zero-order valence-corrected chi connectivity index (χ0v) is 18.1. The number of benzene rings is 2. The van der Waals surface area contributed by atoms with Crippen LogP contribution in [0.3, 0.4) is 0 Å². The second-order valence-electron chi connectivity index (χ2n) is 5.83. The molecule has 12 nitrogen and oxygen atoms in total. The molecule has 1 atom stereocenters. The molecule has 0 spiro atoms. The summed E-state index contributed by atoms with van der Waals surface area (Å²) in [5, 5.41) is 13.9. The van der Waals surface area contributed by atoms with Crippen molar-refractivity contribution in [3.05, 3.63) is 48.5 Å². The first-order chi connectivity index (χ1) is 14.2. The summed E-state index contributed by atoms with van der Waals surface area (Å²) >= 11 is 4.90. The molecule has 2 aromatic rings. The average molecular weight is 493 g/mol. The van der Waals surface area contributed by atoms with Gasteiger partial charge in [-0.2, -0.15) is 16.8 Å². The van der Waals surface area contributed by atoms with Crippen LogP contribution in [0.1, 0.15) is 0 Å². The van der Waals surface area contributed by atoms with Gasteiger partial charge in [-0.05, 0) is 48.6 Å². The van der Waals surface area contributed by atoms with Gasteiger partial charge in [0, 0.05) is 17.9 Å². The van der Waals surface area contributed by atoms with E-state index < -0.39 is 32.2 Å². The minimum Gasteiger partial charge on any atom is -0.480 e. The zero-order chi connectivity index (χ0) is 23.8. The van der Waals surface area contributed by atoms with E-state index in [0.29, 0.717) is 11.4 Å². The Morgan fingerprint density at radius 1 is 1.00 bits per heavy atom. The Bertz CT molecular complexity index is 1150. The van der Waals surface area contributed by atoms with E-state index >= 15 is 0 Å².